The summed E-state index contributed by atoms with van der Waals surface area (Å²) >= 11 is 0. The third kappa shape index (κ3) is 5.33. The topological polar surface area (TPSA) is 26.7 Å². The van der Waals surface area contributed by atoms with E-state index in [1.165, 1.54) is 6.42 Å². The molecule has 1 N–H and O–H groups in total. The van der Waals surface area contributed by atoms with Gasteiger partial charge in [0.25, 0.3) is 0 Å². The highest BCUT2D eigenvalue weighted by Gasteiger charge is 2.19. The lowest BCUT2D eigenvalue weighted by Crippen LogP contribution is -2.32. The van der Waals surface area contributed by atoms with Crippen LogP contribution in [0.3, 0.4) is 0 Å². The Labute approximate surface area is 130 Å². The zero-order valence-electron chi connectivity index (χ0n) is 14.2. The Balaban J connectivity index is 2.66. The first-order chi connectivity index (χ1) is 10.2. The first-order valence-corrected chi connectivity index (χ1v) is 8.42. The lowest BCUT2D eigenvalue weighted by molar-refractivity contribution is 0.182. The highest BCUT2D eigenvalue weighted by Crippen LogP contribution is 2.30. The molecule has 3 heteroatoms. The molecule has 0 heterocycles. The van der Waals surface area contributed by atoms with E-state index >= 15 is 0 Å². The van der Waals surface area contributed by atoms with Crippen LogP contribution in [-0.2, 0) is 0 Å². The number of nitrogens with zero attached hydrogens (tertiary/aromatic N) is 2. The quantitative estimate of drug-likeness (QED) is 0.708. The van der Waals surface area contributed by atoms with Crippen LogP contribution in [0.15, 0.2) is 24.3 Å². The van der Waals surface area contributed by atoms with E-state index in [4.69, 9.17) is 0 Å². The van der Waals surface area contributed by atoms with Crippen molar-refractivity contribution < 1.29 is 5.11 Å². The number of benzene rings is 1. The highest BCUT2D eigenvalue weighted by atomic mass is 16.3. The highest BCUT2D eigenvalue weighted by molar-refractivity contribution is 5.34. The summed E-state index contributed by atoms with van der Waals surface area (Å²) in [6.45, 7) is 14.4. The second-order valence-electron chi connectivity index (χ2n) is 5.49. The van der Waals surface area contributed by atoms with E-state index in [1.54, 1.807) is 6.07 Å². The van der Waals surface area contributed by atoms with Crippen molar-refractivity contribution in [2.75, 3.05) is 32.7 Å². The second-order valence-corrected chi connectivity index (χ2v) is 5.49. The molecular formula is C18H32N2O. The largest absolute Gasteiger partial charge is 0.508 e. The molecule has 0 saturated heterocycles. The summed E-state index contributed by atoms with van der Waals surface area (Å²) in [4.78, 5) is 4.95. The zero-order chi connectivity index (χ0) is 15.7. The number of hydrogen-bond acceptors (Lipinski definition) is 3. The van der Waals surface area contributed by atoms with Gasteiger partial charge in [-0.25, -0.2) is 0 Å². The van der Waals surface area contributed by atoms with Gasteiger partial charge in [0.2, 0.25) is 0 Å². The van der Waals surface area contributed by atoms with E-state index in [0.717, 1.165) is 44.7 Å². The smallest absolute Gasteiger partial charge is 0.120 e. The third-order valence-electron chi connectivity index (χ3n) is 4.34. The molecule has 0 radical (unpaired) electrons. The molecule has 1 aromatic rings. The molecule has 0 aliphatic carbocycles. The van der Waals surface area contributed by atoms with Crippen LogP contribution in [0.2, 0.25) is 0 Å². The molecule has 1 atom stereocenters. The fourth-order valence-electron chi connectivity index (χ4n) is 3.02. The Kier molecular flexibility index (Phi) is 8.40. The minimum atomic E-state index is 0.313. The summed E-state index contributed by atoms with van der Waals surface area (Å²) < 4.78 is 0. The van der Waals surface area contributed by atoms with Crippen LogP contribution in [0.1, 0.15) is 52.1 Å². The van der Waals surface area contributed by atoms with Crippen molar-refractivity contribution in [2.45, 2.75) is 46.6 Å². The standard InChI is InChI=1S/C18H32N2O/c1-5-17(16-12-9-10-13-18(16)21)20(8-4)15-11-14-19(6-2)7-3/h9-10,12-13,17,21H,5-8,11,14-15H2,1-4H3. The third-order valence-corrected chi connectivity index (χ3v) is 4.34. The fourth-order valence-corrected chi connectivity index (χ4v) is 3.02. The molecule has 1 unspecified atom stereocenters. The van der Waals surface area contributed by atoms with Crippen LogP contribution >= 0.6 is 0 Å². The summed E-state index contributed by atoms with van der Waals surface area (Å²) in [6.07, 6.45) is 2.20. The summed E-state index contributed by atoms with van der Waals surface area (Å²) in [7, 11) is 0. The number of aromatic hydroxyl groups is 1. The van der Waals surface area contributed by atoms with Crippen LogP contribution in [0, 0.1) is 0 Å². The van der Waals surface area contributed by atoms with Crippen molar-refractivity contribution in [3.8, 4) is 5.75 Å². The zero-order valence-corrected chi connectivity index (χ0v) is 14.2. The van der Waals surface area contributed by atoms with Gasteiger partial charge >= 0.3 is 0 Å². The summed E-state index contributed by atoms with van der Waals surface area (Å²) in [5, 5.41) is 10.1. The maximum atomic E-state index is 10.1. The molecule has 0 aromatic heterocycles. The Hall–Kier alpha value is -1.06. The molecule has 120 valence electrons. The fraction of sp³-hybridized carbons (Fsp3) is 0.667. The van der Waals surface area contributed by atoms with E-state index in [1.807, 2.05) is 12.1 Å². The van der Waals surface area contributed by atoms with Crippen LogP contribution in [-0.4, -0.2) is 47.6 Å². The van der Waals surface area contributed by atoms with Gasteiger partial charge in [0.05, 0.1) is 0 Å². The van der Waals surface area contributed by atoms with Gasteiger partial charge in [0, 0.05) is 11.6 Å². The Morgan fingerprint density at radius 2 is 1.62 bits per heavy atom. The van der Waals surface area contributed by atoms with Gasteiger partial charge in [0.15, 0.2) is 0 Å². The first kappa shape index (κ1) is 18.0. The minimum Gasteiger partial charge on any atom is -0.508 e. The average molecular weight is 292 g/mol. The van der Waals surface area contributed by atoms with E-state index in [0.29, 0.717) is 11.8 Å². The van der Waals surface area contributed by atoms with Gasteiger partial charge in [0.1, 0.15) is 5.75 Å². The van der Waals surface area contributed by atoms with E-state index in [-0.39, 0.29) is 0 Å². The average Bonchev–Trinajstić information content (AvgIpc) is 2.52. The van der Waals surface area contributed by atoms with Crippen LogP contribution in [0.4, 0.5) is 0 Å². The molecule has 0 saturated carbocycles. The summed E-state index contributed by atoms with van der Waals surface area (Å²) in [6, 6.07) is 8.06. The molecule has 0 bridgehead atoms. The van der Waals surface area contributed by atoms with Gasteiger partial charge in [-0.3, -0.25) is 4.90 Å². The molecule has 1 rings (SSSR count). The van der Waals surface area contributed by atoms with Crippen molar-refractivity contribution in [1.29, 1.82) is 0 Å². The Bertz CT molecular complexity index is 391. The lowest BCUT2D eigenvalue weighted by Gasteiger charge is -2.31. The maximum Gasteiger partial charge on any atom is 0.120 e. The predicted octanol–water partition coefficient (Wildman–Crippen LogP) is 3.90. The predicted molar refractivity (Wildman–Crippen MR) is 90.8 cm³/mol. The van der Waals surface area contributed by atoms with Gasteiger partial charge in [-0.2, -0.15) is 0 Å². The van der Waals surface area contributed by atoms with E-state index in [9.17, 15) is 5.11 Å². The summed E-state index contributed by atoms with van der Waals surface area (Å²) in [5.41, 5.74) is 1.06. The molecule has 0 fully saturated rings. The Morgan fingerprint density at radius 1 is 0.952 bits per heavy atom. The number of phenolic OH excluding ortho intramolecular Hbond substituents is 1. The number of phenols is 1. The maximum absolute atomic E-state index is 10.1. The number of hydrogen-bond donors (Lipinski definition) is 1. The molecule has 0 aliphatic rings. The first-order valence-electron chi connectivity index (χ1n) is 8.42. The Morgan fingerprint density at radius 3 is 2.14 bits per heavy atom. The van der Waals surface area contributed by atoms with E-state index < -0.39 is 0 Å². The van der Waals surface area contributed by atoms with Crippen LogP contribution in [0.5, 0.6) is 5.75 Å². The molecule has 0 spiro atoms. The van der Waals surface area contributed by atoms with Gasteiger partial charge in [-0.1, -0.05) is 45.9 Å². The van der Waals surface area contributed by atoms with Crippen molar-refractivity contribution >= 4 is 0 Å². The molecule has 0 amide bonds. The van der Waals surface area contributed by atoms with Crippen molar-refractivity contribution in [3.63, 3.8) is 0 Å². The molecule has 1 aromatic carbocycles. The second kappa shape index (κ2) is 9.80. The van der Waals surface area contributed by atoms with Gasteiger partial charge in [-0.15, -0.1) is 0 Å². The SMILES string of the molecule is CCC(c1ccccc1O)N(CC)CCCN(CC)CC. The minimum absolute atomic E-state index is 0.313. The van der Waals surface area contributed by atoms with Crippen molar-refractivity contribution in [2.24, 2.45) is 0 Å². The monoisotopic (exact) mass is 292 g/mol. The summed E-state index contributed by atoms with van der Waals surface area (Å²) in [5.74, 6) is 0.423. The molecule has 0 aliphatic heterocycles. The van der Waals surface area contributed by atoms with E-state index in [2.05, 4.69) is 43.6 Å². The molecular weight excluding hydrogens is 260 g/mol. The van der Waals surface area contributed by atoms with Crippen molar-refractivity contribution in [3.05, 3.63) is 29.8 Å². The van der Waals surface area contributed by atoms with Gasteiger partial charge < -0.3 is 10.0 Å². The molecule has 3 nitrogen and oxygen atoms in total. The molecule has 21 heavy (non-hydrogen) atoms. The van der Waals surface area contributed by atoms with Crippen LogP contribution in [0.25, 0.3) is 0 Å². The van der Waals surface area contributed by atoms with Crippen molar-refractivity contribution in [1.82, 2.24) is 9.80 Å². The number of rotatable bonds is 10. The normalized spacial score (nSPS) is 13.0. The number of para-hydroxylation sites is 1. The van der Waals surface area contributed by atoms with Crippen LogP contribution < -0.4 is 0 Å². The lowest BCUT2D eigenvalue weighted by atomic mass is 10.0. The van der Waals surface area contributed by atoms with Gasteiger partial charge in [-0.05, 0) is 51.6 Å².